The molecule has 0 aromatic heterocycles. The molecule has 0 spiro atoms. The SMILES string of the molecule is C=CC1C(CO)=CCC2C1CCC1C(C)(C)C(=O)CC[C@]21C. The quantitative estimate of drug-likeness (QED) is 0.778. The fourth-order valence-corrected chi connectivity index (χ4v) is 6.14. The van der Waals surface area contributed by atoms with Crippen molar-refractivity contribution < 1.29 is 9.90 Å². The molecule has 1 N–H and O–H groups in total. The Labute approximate surface area is 134 Å². The lowest BCUT2D eigenvalue weighted by Crippen LogP contribution is -2.56. The number of hydrogen-bond donors (Lipinski definition) is 1. The molecule has 0 aromatic carbocycles. The monoisotopic (exact) mass is 302 g/mol. The number of ketones is 1. The van der Waals surface area contributed by atoms with Gasteiger partial charge in [-0.05, 0) is 54.4 Å². The first-order chi connectivity index (χ1) is 10.4. The lowest BCUT2D eigenvalue weighted by Gasteiger charge is -2.60. The fourth-order valence-electron chi connectivity index (χ4n) is 6.14. The highest BCUT2D eigenvalue weighted by atomic mass is 16.3. The third-order valence-corrected chi connectivity index (χ3v) is 7.39. The maximum Gasteiger partial charge on any atom is 0.138 e. The number of aliphatic hydroxyl groups excluding tert-OH is 1. The van der Waals surface area contributed by atoms with Crippen LogP contribution in [0.5, 0.6) is 0 Å². The third kappa shape index (κ3) is 2.06. The molecule has 2 heteroatoms. The van der Waals surface area contributed by atoms with Gasteiger partial charge in [0.2, 0.25) is 0 Å². The molecule has 2 saturated carbocycles. The van der Waals surface area contributed by atoms with E-state index in [1.165, 1.54) is 0 Å². The molecule has 0 bridgehead atoms. The van der Waals surface area contributed by atoms with Crippen LogP contribution in [-0.4, -0.2) is 17.5 Å². The van der Waals surface area contributed by atoms with Crippen molar-refractivity contribution in [2.75, 3.05) is 6.61 Å². The molecule has 5 atom stereocenters. The third-order valence-electron chi connectivity index (χ3n) is 7.39. The van der Waals surface area contributed by atoms with Crippen molar-refractivity contribution in [3.63, 3.8) is 0 Å². The second-order valence-electron chi connectivity index (χ2n) is 8.49. The van der Waals surface area contributed by atoms with Crippen LogP contribution in [0, 0.1) is 34.5 Å². The van der Waals surface area contributed by atoms with E-state index >= 15 is 0 Å². The number of hydrogen-bond acceptors (Lipinski definition) is 2. The van der Waals surface area contributed by atoms with Crippen molar-refractivity contribution in [2.45, 2.75) is 52.9 Å². The van der Waals surface area contributed by atoms with E-state index in [9.17, 15) is 9.90 Å². The molecular weight excluding hydrogens is 272 g/mol. The minimum atomic E-state index is -0.178. The Balaban J connectivity index is 1.98. The Hall–Kier alpha value is -0.890. The van der Waals surface area contributed by atoms with Gasteiger partial charge in [-0.3, -0.25) is 4.79 Å². The molecule has 0 amide bonds. The second-order valence-corrected chi connectivity index (χ2v) is 8.49. The normalized spacial score (nSPS) is 43.8. The maximum absolute atomic E-state index is 12.4. The highest BCUT2D eigenvalue weighted by Gasteiger charge is 2.58. The van der Waals surface area contributed by atoms with Crippen LogP contribution < -0.4 is 0 Å². The summed E-state index contributed by atoms with van der Waals surface area (Å²) in [5.41, 5.74) is 1.23. The van der Waals surface area contributed by atoms with Gasteiger partial charge in [-0.25, -0.2) is 0 Å². The zero-order valence-electron chi connectivity index (χ0n) is 14.3. The zero-order chi connectivity index (χ0) is 16.1. The summed E-state index contributed by atoms with van der Waals surface area (Å²) in [6, 6.07) is 0. The van der Waals surface area contributed by atoms with E-state index in [-0.39, 0.29) is 17.4 Å². The van der Waals surface area contributed by atoms with E-state index in [1.807, 2.05) is 6.08 Å². The molecule has 122 valence electrons. The Morgan fingerprint density at radius 2 is 2.09 bits per heavy atom. The first-order valence-electron chi connectivity index (χ1n) is 8.82. The van der Waals surface area contributed by atoms with Gasteiger partial charge in [0.1, 0.15) is 5.78 Å². The summed E-state index contributed by atoms with van der Waals surface area (Å²) in [4.78, 5) is 12.4. The van der Waals surface area contributed by atoms with Crippen molar-refractivity contribution in [1.82, 2.24) is 0 Å². The Morgan fingerprint density at radius 3 is 2.73 bits per heavy atom. The first-order valence-corrected chi connectivity index (χ1v) is 8.82. The molecule has 3 aliphatic carbocycles. The van der Waals surface area contributed by atoms with E-state index in [0.717, 1.165) is 37.7 Å². The molecule has 4 unspecified atom stereocenters. The summed E-state index contributed by atoms with van der Waals surface area (Å²) in [5, 5.41) is 9.64. The number of rotatable bonds is 2. The van der Waals surface area contributed by atoms with E-state index in [0.29, 0.717) is 29.5 Å². The van der Waals surface area contributed by atoms with Gasteiger partial charge in [-0.15, -0.1) is 6.58 Å². The summed E-state index contributed by atoms with van der Waals surface area (Å²) in [7, 11) is 0. The molecule has 3 aliphatic rings. The summed E-state index contributed by atoms with van der Waals surface area (Å²) in [6.45, 7) is 11.0. The average Bonchev–Trinajstić information content (AvgIpc) is 2.50. The average molecular weight is 302 g/mol. The Morgan fingerprint density at radius 1 is 1.36 bits per heavy atom. The molecular formula is C20H30O2. The topological polar surface area (TPSA) is 37.3 Å². The van der Waals surface area contributed by atoms with Crippen LogP contribution in [-0.2, 0) is 4.79 Å². The summed E-state index contributed by atoms with van der Waals surface area (Å²) in [6.07, 6.45) is 9.43. The maximum atomic E-state index is 12.4. The van der Waals surface area contributed by atoms with Crippen molar-refractivity contribution in [2.24, 2.45) is 34.5 Å². The highest BCUT2D eigenvalue weighted by Crippen LogP contribution is 2.63. The van der Waals surface area contributed by atoms with Gasteiger partial charge in [0.25, 0.3) is 0 Å². The Kier molecular flexibility index (Phi) is 3.87. The predicted molar refractivity (Wildman–Crippen MR) is 89.3 cm³/mol. The van der Waals surface area contributed by atoms with Crippen LogP contribution in [0.4, 0.5) is 0 Å². The molecule has 22 heavy (non-hydrogen) atoms. The van der Waals surface area contributed by atoms with Crippen molar-refractivity contribution in [1.29, 1.82) is 0 Å². The van der Waals surface area contributed by atoms with Crippen LogP contribution in [0.3, 0.4) is 0 Å². The molecule has 0 saturated heterocycles. The Bertz CT molecular complexity index is 516. The lowest BCUT2D eigenvalue weighted by atomic mass is 9.43. The highest BCUT2D eigenvalue weighted by molar-refractivity contribution is 5.85. The number of Topliss-reactive ketones (excluding diaryl/α,β-unsaturated/α-hetero) is 1. The van der Waals surface area contributed by atoms with Gasteiger partial charge in [0.15, 0.2) is 0 Å². The van der Waals surface area contributed by atoms with Gasteiger partial charge in [-0.1, -0.05) is 32.9 Å². The number of carbonyl (C=O) groups is 1. The van der Waals surface area contributed by atoms with E-state index in [1.54, 1.807) is 0 Å². The van der Waals surface area contributed by atoms with Crippen LogP contribution in [0.15, 0.2) is 24.3 Å². The largest absolute Gasteiger partial charge is 0.392 e. The minimum absolute atomic E-state index is 0.157. The summed E-state index contributed by atoms with van der Waals surface area (Å²) < 4.78 is 0. The number of carbonyl (C=O) groups excluding carboxylic acids is 1. The first kappa shape index (κ1) is 16.0. The van der Waals surface area contributed by atoms with Crippen LogP contribution in [0.2, 0.25) is 0 Å². The minimum Gasteiger partial charge on any atom is -0.392 e. The van der Waals surface area contributed by atoms with Gasteiger partial charge in [0, 0.05) is 17.8 Å². The summed E-state index contributed by atoms with van der Waals surface area (Å²) in [5.74, 6) is 2.49. The molecule has 2 fully saturated rings. The van der Waals surface area contributed by atoms with E-state index < -0.39 is 0 Å². The number of aliphatic hydroxyl groups is 1. The molecule has 0 aliphatic heterocycles. The smallest absolute Gasteiger partial charge is 0.138 e. The van der Waals surface area contributed by atoms with Crippen LogP contribution >= 0.6 is 0 Å². The molecule has 0 radical (unpaired) electrons. The van der Waals surface area contributed by atoms with Gasteiger partial charge < -0.3 is 5.11 Å². The van der Waals surface area contributed by atoms with Gasteiger partial charge in [0.05, 0.1) is 6.61 Å². The molecule has 0 aromatic rings. The van der Waals surface area contributed by atoms with Crippen molar-refractivity contribution in [3.8, 4) is 0 Å². The van der Waals surface area contributed by atoms with Gasteiger partial charge >= 0.3 is 0 Å². The summed E-state index contributed by atoms with van der Waals surface area (Å²) >= 11 is 0. The molecule has 0 heterocycles. The number of allylic oxidation sites excluding steroid dienone is 2. The fraction of sp³-hybridized carbons (Fsp3) is 0.750. The van der Waals surface area contributed by atoms with E-state index in [2.05, 4.69) is 33.4 Å². The second kappa shape index (κ2) is 5.33. The lowest BCUT2D eigenvalue weighted by molar-refractivity contribution is -0.152. The van der Waals surface area contributed by atoms with Crippen molar-refractivity contribution >= 4 is 5.78 Å². The van der Waals surface area contributed by atoms with Crippen LogP contribution in [0.1, 0.15) is 52.9 Å². The number of fused-ring (bicyclic) bond motifs is 3. The van der Waals surface area contributed by atoms with Crippen molar-refractivity contribution in [3.05, 3.63) is 24.3 Å². The van der Waals surface area contributed by atoms with Crippen LogP contribution in [0.25, 0.3) is 0 Å². The van der Waals surface area contributed by atoms with E-state index in [4.69, 9.17) is 0 Å². The zero-order valence-corrected chi connectivity index (χ0v) is 14.3. The van der Waals surface area contributed by atoms with Gasteiger partial charge in [-0.2, -0.15) is 0 Å². The molecule has 2 nitrogen and oxygen atoms in total. The predicted octanol–water partition coefficient (Wildman–Crippen LogP) is 4.15. The molecule has 3 rings (SSSR count). The standard InChI is InChI=1S/C20H30O2/c1-5-14-13(12-21)6-8-16-15(14)7-9-17-19(2,3)18(22)10-11-20(16,17)4/h5-6,14-17,21H,1,7-12H2,2-4H3/t14?,15?,16?,17?,20-/m1/s1.